The zero-order valence-corrected chi connectivity index (χ0v) is 14.7. The van der Waals surface area contributed by atoms with Gasteiger partial charge in [-0.05, 0) is 30.3 Å². The van der Waals surface area contributed by atoms with Gasteiger partial charge in [0.2, 0.25) is 11.8 Å². The van der Waals surface area contributed by atoms with Crippen LogP contribution in [0, 0.1) is 5.92 Å². The molecule has 2 aromatic rings. The quantitative estimate of drug-likeness (QED) is 0.899. The average molecular weight is 373 g/mol. The molecule has 2 aliphatic heterocycles. The first-order valence-corrected chi connectivity index (χ1v) is 8.74. The van der Waals surface area contributed by atoms with Gasteiger partial charge in [-0.25, -0.2) is 0 Å². The number of hydrogen-bond acceptors (Lipinski definition) is 4. The Morgan fingerprint density at radius 2 is 1.92 bits per heavy atom. The molecule has 1 saturated heterocycles. The van der Waals surface area contributed by atoms with E-state index in [0.29, 0.717) is 47.7 Å². The molecule has 26 heavy (non-hydrogen) atoms. The molecule has 1 atom stereocenters. The predicted octanol–water partition coefficient (Wildman–Crippen LogP) is 3.10. The van der Waals surface area contributed by atoms with E-state index in [1.165, 1.54) is 0 Å². The predicted molar refractivity (Wildman–Crippen MR) is 98.0 cm³/mol. The Hall–Kier alpha value is -2.73. The lowest BCUT2D eigenvalue weighted by molar-refractivity contribution is -0.122. The Labute approximate surface area is 155 Å². The molecule has 1 fully saturated rings. The second-order valence-corrected chi connectivity index (χ2v) is 6.67. The van der Waals surface area contributed by atoms with Gasteiger partial charge in [-0.1, -0.05) is 17.7 Å². The standard InChI is InChI=1S/C19H17ClN2O4/c20-13-2-1-3-14(9-13)21-19(24)12-8-18(23)22(11-12)15-4-5-16-17(10-15)26-7-6-25-16/h1-5,9-10,12H,6-8,11H2,(H,21,24). The second-order valence-electron chi connectivity index (χ2n) is 6.23. The average Bonchev–Trinajstić information content (AvgIpc) is 3.03. The van der Waals surface area contributed by atoms with Crippen molar-refractivity contribution in [2.45, 2.75) is 6.42 Å². The van der Waals surface area contributed by atoms with Gasteiger partial charge in [-0.3, -0.25) is 9.59 Å². The Bertz CT molecular complexity index is 870. The minimum Gasteiger partial charge on any atom is -0.486 e. The molecule has 2 heterocycles. The summed E-state index contributed by atoms with van der Waals surface area (Å²) in [6, 6.07) is 12.3. The van der Waals surface area contributed by atoms with Crippen molar-refractivity contribution in [3.8, 4) is 11.5 Å². The third-order valence-electron chi connectivity index (χ3n) is 4.43. The maximum atomic E-state index is 12.5. The van der Waals surface area contributed by atoms with E-state index in [-0.39, 0.29) is 18.2 Å². The number of halogens is 1. The molecule has 1 unspecified atom stereocenters. The molecule has 2 aromatic carbocycles. The molecule has 2 amide bonds. The van der Waals surface area contributed by atoms with E-state index in [0.717, 1.165) is 0 Å². The summed E-state index contributed by atoms with van der Waals surface area (Å²) in [6.45, 7) is 1.32. The fourth-order valence-corrected chi connectivity index (χ4v) is 3.33. The van der Waals surface area contributed by atoms with Crippen molar-refractivity contribution in [1.29, 1.82) is 0 Å². The summed E-state index contributed by atoms with van der Waals surface area (Å²) in [5.74, 6) is 0.582. The van der Waals surface area contributed by atoms with Gasteiger partial charge in [0.1, 0.15) is 13.2 Å². The number of nitrogens with one attached hydrogen (secondary N) is 1. The first-order valence-electron chi connectivity index (χ1n) is 8.36. The van der Waals surface area contributed by atoms with Crippen molar-refractivity contribution in [2.24, 2.45) is 5.92 Å². The monoisotopic (exact) mass is 372 g/mol. The molecular formula is C19H17ClN2O4. The van der Waals surface area contributed by atoms with Gasteiger partial charge >= 0.3 is 0 Å². The minimum atomic E-state index is -0.422. The Morgan fingerprint density at radius 1 is 1.12 bits per heavy atom. The van der Waals surface area contributed by atoms with E-state index in [9.17, 15) is 9.59 Å². The van der Waals surface area contributed by atoms with Crippen LogP contribution in [0.5, 0.6) is 11.5 Å². The topological polar surface area (TPSA) is 67.9 Å². The van der Waals surface area contributed by atoms with Crippen LogP contribution in [0.4, 0.5) is 11.4 Å². The fraction of sp³-hybridized carbons (Fsp3) is 0.263. The van der Waals surface area contributed by atoms with Crippen molar-refractivity contribution in [1.82, 2.24) is 0 Å². The normalized spacial score (nSPS) is 18.7. The smallest absolute Gasteiger partial charge is 0.229 e. The summed E-state index contributed by atoms with van der Waals surface area (Å²) in [4.78, 5) is 26.5. The van der Waals surface area contributed by atoms with Crippen molar-refractivity contribution in [3.63, 3.8) is 0 Å². The van der Waals surface area contributed by atoms with E-state index < -0.39 is 5.92 Å². The zero-order chi connectivity index (χ0) is 18.1. The van der Waals surface area contributed by atoms with Crippen LogP contribution in [0.1, 0.15) is 6.42 Å². The third-order valence-corrected chi connectivity index (χ3v) is 4.66. The largest absolute Gasteiger partial charge is 0.486 e. The Morgan fingerprint density at radius 3 is 2.73 bits per heavy atom. The van der Waals surface area contributed by atoms with Crippen LogP contribution in [-0.4, -0.2) is 31.6 Å². The number of nitrogens with zero attached hydrogens (tertiary/aromatic N) is 1. The minimum absolute atomic E-state index is 0.0899. The molecule has 0 saturated carbocycles. The molecule has 1 N–H and O–H groups in total. The van der Waals surface area contributed by atoms with Crippen LogP contribution < -0.4 is 19.7 Å². The number of benzene rings is 2. The molecule has 0 aromatic heterocycles. The Balaban J connectivity index is 1.47. The van der Waals surface area contributed by atoms with Gasteiger partial charge in [0, 0.05) is 35.4 Å². The lowest BCUT2D eigenvalue weighted by Crippen LogP contribution is -2.28. The van der Waals surface area contributed by atoms with Crippen molar-refractivity contribution >= 4 is 34.8 Å². The van der Waals surface area contributed by atoms with Gasteiger partial charge in [0.05, 0.1) is 5.92 Å². The van der Waals surface area contributed by atoms with Crippen molar-refractivity contribution in [3.05, 3.63) is 47.5 Å². The number of carbonyl (C=O) groups is 2. The van der Waals surface area contributed by atoms with Gasteiger partial charge in [0.25, 0.3) is 0 Å². The second kappa shape index (κ2) is 6.88. The maximum Gasteiger partial charge on any atom is 0.229 e. The van der Waals surface area contributed by atoms with Crippen LogP contribution in [-0.2, 0) is 9.59 Å². The van der Waals surface area contributed by atoms with E-state index in [1.807, 2.05) is 6.07 Å². The molecule has 0 radical (unpaired) electrons. The summed E-state index contributed by atoms with van der Waals surface area (Å²) in [5, 5.41) is 3.36. The molecule has 0 spiro atoms. The molecule has 2 aliphatic rings. The van der Waals surface area contributed by atoms with Crippen LogP contribution in [0.2, 0.25) is 5.02 Å². The summed E-state index contributed by atoms with van der Waals surface area (Å²) in [6.07, 6.45) is 0.168. The molecule has 0 bridgehead atoms. The van der Waals surface area contributed by atoms with Gasteiger partial charge in [-0.2, -0.15) is 0 Å². The molecule has 7 heteroatoms. The summed E-state index contributed by atoms with van der Waals surface area (Å²) < 4.78 is 11.1. The maximum absolute atomic E-state index is 12.5. The number of carbonyl (C=O) groups excluding carboxylic acids is 2. The van der Waals surface area contributed by atoms with Gasteiger partial charge in [-0.15, -0.1) is 0 Å². The number of rotatable bonds is 3. The van der Waals surface area contributed by atoms with E-state index in [4.69, 9.17) is 21.1 Å². The number of amides is 2. The van der Waals surface area contributed by atoms with E-state index in [1.54, 1.807) is 41.3 Å². The number of anilines is 2. The van der Waals surface area contributed by atoms with Crippen LogP contribution in [0.25, 0.3) is 0 Å². The Kier molecular flexibility index (Phi) is 4.42. The highest BCUT2D eigenvalue weighted by Crippen LogP contribution is 2.36. The van der Waals surface area contributed by atoms with Gasteiger partial charge < -0.3 is 19.7 Å². The number of fused-ring (bicyclic) bond motifs is 1. The lowest BCUT2D eigenvalue weighted by atomic mass is 10.1. The van der Waals surface area contributed by atoms with Crippen LogP contribution >= 0.6 is 11.6 Å². The van der Waals surface area contributed by atoms with E-state index in [2.05, 4.69) is 5.32 Å². The SMILES string of the molecule is O=C(Nc1cccc(Cl)c1)C1CC(=O)N(c2ccc3c(c2)OCCO3)C1. The van der Waals surface area contributed by atoms with Crippen molar-refractivity contribution < 1.29 is 19.1 Å². The first-order chi connectivity index (χ1) is 12.6. The summed E-state index contributed by atoms with van der Waals surface area (Å²) in [5.41, 5.74) is 1.32. The number of ether oxygens (including phenoxy) is 2. The highest BCUT2D eigenvalue weighted by Gasteiger charge is 2.35. The molecule has 6 nitrogen and oxygen atoms in total. The fourth-order valence-electron chi connectivity index (χ4n) is 3.14. The molecule has 134 valence electrons. The zero-order valence-electron chi connectivity index (χ0n) is 13.9. The molecule has 0 aliphatic carbocycles. The van der Waals surface area contributed by atoms with Gasteiger partial charge in [0.15, 0.2) is 11.5 Å². The summed E-state index contributed by atoms with van der Waals surface area (Å²) >= 11 is 5.94. The van der Waals surface area contributed by atoms with Crippen LogP contribution in [0.3, 0.4) is 0 Å². The lowest BCUT2D eigenvalue weighted by Gasteiger charge is -2.22. The van der Waals surface area contributed by atoms with E-state index >= 15 is 0 Å². The highest BCUT2D eigenvalue weighted by atomic mass is 35.5. The first kappa shape index (κ1) is 16.7. The highest BCUT2D eigenvalue weighted by molar-refractivity contribution is 6.30. The molecular weight excluding hydrogens is 356 g/mol. The van der Waals surface area contributed by atoms with Crippen LogP contribution in [0.15, 0.2) is 42.5 Å². The summed E-state index contributed by atoms with van der Waals surface area (Å²) in [7, 11) is 0. The molecule has 4 rings (SSSR count). The third kappa shape index (κ3) is 3.32. The van der Waals surface area contributed by atoms with Crippen molar-refractivity contribution in [2.75, 3.05) is 30.0 Å². The number of hydrogen-bond donors (Lipinski definition) is 1.